The first-order valence-electron chi connectivity index (χ1n) is 4.24. The van der Waals surface area contributed by atoms with E-state index in [1.54, 1.807) is 6.92 Å². The molecule has 15 heavy (non-hydrogen) atoms. The van der Waals surface area contributed by atoms with Crippen LogP contribution in [0.15, 0.2) is 18.2 Å². The van der Waals surface area contributed by atoms with Crippen LogP contribution in [0.25, 0.3) is 0 Å². The zero-order valence-electron chi connectivity index (χ0n) is 7.92. The van der Waals surface area contributed by atoms with E-state index >= 15 is 0 Å². The Bertz CT molecular complexity index is 404. The molecule has 0 atom stereocenters. The van der Waals surface area contributed by atoms with Gasteiger partial charge in [0.15, 0.2) is 0 Å². The van der Waals surface area contributed by atoms with Crippen LogP contribution in [0.3, 0.4) is 0 Å². The molecule has 0 N–H and O–H groups in total. The third kappa shape index (κ3) is 3.02. The van der Waals surface area contributed by atoms with Gasteiger partial charge in [-0.2, -0.15) is 0 Å². The first-order valence-corrected chi connectivity index (χ1v) is 4.62. The molecule has 0 heterocycles. The third-order valence-electron chi connectivity index (χ3n) is 1.64. The normalized spacial score (nSPS) is 9.80. The zero-order chi connectivity index (χ0) is 11.4. The van der Waals surface area contributed by atoms with E-state index in [4.69, 9.17) is 11.6 Å². The predicted octanol–water partition coefficient (Wildman–Crippen LogP) is 2.57. The monoisotopic (exact) mass is 230 g/mol. The Hall–Kier alpha value is -1.42. The highest BCUT2D eigenvalue weighted by Crippen LogP contribution is 2.18. The van der Waals surface area contributed by atoms with Crippen LogP contribution in [0, 0.1) is 5.82 Å². The maximum absolute atomic E-state index is 12.8. The fourth-order valence-corrected chi connectivity index (χ4v) is 1.08. The maximum atomic E-state index is 12.8. The molecule has 0 unspecified atom stereocenters. The van der Waals surface area contributed by atoms with Gasteiger partial charge in [0.05, 0.1) is 10.6 Å². The number of hydrogen-bond donors (Lipinski definition) is 0. The third-order valence-corrected chi connectivity index (χ3v) is 1.97. The van der Waals surface area contributed by atoms with E-state index < -0.39 is 17.8 Å². The van der Waals surface area contributed by atoms with Gasteiger partial charge >= 0.3 is 11.9 Å². The number of halogens is 2. The molecule has 0 aliphatic rings. The molecule has 1 aromatic carbocycles. The zero-order valence-corrected chi connectivity index (χ0v) is 8.68. The van der Waals surface area contributed by atoms with Crippen LogP contribution in [0.5, 0.6) is 0 Å². The first-order chi connectivity index (χ1) is 7.04. The van der Waals surface area contributed by atoms with Crippen molar-refractivity contribution < 1.29 is 18.7 Å². The summed E-state index contributed by atoms with van der Waals surface area (Å²) in [5, 5.41) is 0.0466. The van der Waals surface area contributed by atoms with Crippen molar-refractivity contribution >= 4 is 23.5 Å². The van der Waals surface area contributed by atoms with Gasteiger partial charge < -0.3 is 4.74 Å². The summed E-state index contributed by atoms with van der Waals surface area (Å²) in [4.78, 5) is 22.1. The Morgan fingerprint density at radius 1 is 1.47 bits per heavy atom. The molecule has 0 aliphatic heterocycles. The Morgan fingerprint density at radius 3 is 2.73 bits per heavy atom. The van der Waals surface area contributed by atoms with Crippen molar-refractivity contribution in [2.45, 2.75) is 13.3 Å². The maximum Gasteiger partial charge on any atom is 0.347 e. The number of ether oxygens (including phenoxy) is 1. The summed E-state index contributed by atoms with van der Waals surface area (Å²) in [6.07, 6.45) is 0.0681. The van der Waals surface area contributed by atoms with Crippen molar-refractivity contribution in [3.8, 4) is 0 Å². The Balaban J connectivity index is 2.91. The molecule has 0 radical (unpaired) electrons. The van der Waals surface area contributed by atoms with Crippen LogP contribution in [0.1, 0.15) is 23.7 Å². The van der Waals surface area contributed by atoms with E-state index in [1.165, 1.54) is 6.07 Å². The minimum atomic E-state index is -0.939. The van der Waals surface area contributed by atoms with E-state index in [0.29, 0.717) is 0 Å². The summed E-state index contributed by atoms with van der Waals surface area (Å²) in [6.45, 7) is 1.54. The van der Waals surface area contributed by atoms with Crippen molar-refractivity contribution in [1.82, 2.24) is 0 Å². The van der Waals surface area contributed by atoms with Crippen LogP contribution in [-0.2, 0) is 9.53 Å². The van der Waals surface area contributed by atoms with Gasteiger partial charge in [0.25, 0.3) is 0 Å². The smallest absolute Gasteiger partial charge is 0.347 e. The lowest BCUT2D eigenvalue weighted by Gasteiger charge is -2.03. The lowest BCUT2D eigenvalue weighted by Crippen LogP contribution is -2.12. The summed E-state index contributed by atoms with van der Waals surface area (Å²) in [5.41, 5.74) is -0.154. The predicted molar refractivity (Wildman–Crippen MR) is 52.1 cm³/mol. The molecule has 0 fully saturated rings. The molecule has 0 aliphatic carbocycles. The highest BCUT2D eigenvalue weighted by Gasteiger charge is 2.15. The van der Waals surface area contributed by atoms with Gasteiger partial charge in [-0.25, -0.2) is 9.18 Å². The molecule has 0 saturated heterocycles. The second-order valence-corrected chi connectivity index (χ2v) is 3.15. The van der Waals surface area contributed by atoms with E-state index in [9.17, 15) is 14.0 Å². The van der Waals surface area contributed by atoms with Crippen LogP contribution in [0.2, 0.25) is 5.02 Å². The number of carbonyl (C=O) groups excluding carboxylic acids is 2. The molecular formula is C10H8ClFO3. The highest BCUT2D eigenvalue weighted by molar-refractivity contribution is 6.33. The summed E-state index contributed by atoms with van der Waals surface area (Å²) in [6, 6.07) is 3.26. The van der Waals surface area contributed by atoms with Crippen LogP contribution >= 0.6 is 11.6 Å². The minimum absolute atomic E-state index is 0.0466. The van der Waals surface area contributed by atoms with Crippen molar-refractivity contribution in [3.05, 3.63) is 34.6 Å². The number of hydrogen-bond acceptors (Lipinski definition) is 3. The molecule has 0 amide bonds. The Kier molecular flexibility index (Phi) is 3.80. The first kappa shape index (κ1) is 11.7. The van der Waals surface area contributed by atoms with Gasteiger partial charge in [-0.3, -0.25) is 4.79 Å². The van der Waals surface area contributed by atoms with E-state index in [-0.39, 0.29) is 17.0 Å². The summed E-state index contributed by atoms with van der Waals surface area (Å²) >= 11 is 5.64. The van der Waals surface area contributed by atoms with Crippen LogP contribution in [-0.4, -0.2) is 11.9 Å². The fourth-order valence-electron chi connectivity index (χ4n) is 0.884. The number of carbonyl (C=O) groups is 2. The van der Waals surface area contributed by atoms with Gasteiger partial charge in [0.1, 0.15) is 5.82 Å². The standard InChI is InChI=1S/C10H8ClFO3/c1-2-9(13)15-10(14)7-5-6(12)3-4-8(7)11/h3-5H,2H2,1H3. The van der Waals surface area contributed by atoms with Crippen molar-refractivity contribution in [3.63, 3.8) is 0 Å². The largest absolute Gasteiger partial charge is 0.389 e. The van der Waals surface area contributed by atoms with Crippen molar-refractivity contribution in [2.75, 3.05) is 0 Å². The summed E-state index contributed by atoms with van der Waals surface area (Å²) in [5.74, 6) is -2.23. The number of esters is 2. The number of rotatable bonds is 2. The van der Waals surface area contributed by atoms with Gasteiger partial charge in [0, 0.05) is 6.42 Å². The lowest BCUT2D eigenvalue weighted by atomic mass is 10.2. The molecule has 80 valence electrons. The molecule has 0 aromatic heterocycles. The molecule has 1 aromatic rings. The number of benzene rings is 1. The van der Waals surface area contributed by atoms with Gasteiger partial charge in [-0.05, 0) is 18.2 Å². The topological polar surface area (TPSA) is 43.4 Å². The molecule has 3 nitrogen and oxygen atoms in total. The Morgan fingerprint density at radius 2 is 2.13 bits per heavy atom. The lowest BCUT2D eigenvalue weighted by molar-refractivity contribution is -0.137. The highest BCUT2D eigenvalue weighted by atomic mass is 35.5. The van der Waals surface area contributed by atoms with E-state index in [1.807, 2.05) is 0 Å². The second kappa shape index (κ2) is 4.89. The Labute approximate surface area is 90.8 Å². The molecule has 0 bridgehead atoms. The second-order valence-electron chi connectivity index (χ2n) is 2.74. The van der Waals surface area contributed by atoms with Crippen LogP contribution < -0.4 is 0 Å². The molecule has 0 saturated carbocycles. The summed E-state index contributed by atoms with van der Waals surface area (Å²) in [7, 11) is 0. The van der Waals surface area contributed by atoms with Gasteiger partial charge in [-0.1, -0.05) is 18.5 Å². The quantitative estimate of drug-likeness (QED) is 0.579. The van der Waals surface area contributed by atoms with Gasteiger partial charge in [-0.15, -0.1) is 0 Å². The van der Waals surface area contributed by atoms with Crippen LogP contribution in [0.4, 0.5) is 4.39 Å². The molecule has 0 spiro atoms. The molecular weight excluding hydrogens is 223 g/mol. The van der Waals surface area contributed by atoms with Crippen molar-refractivity contribution in [1.29, 1.82) is 0 Å². The fraction of sp³-hybridized carbons (Fsp3) is 0.200. The van der Waals surface area contributed by atoms with Gasteiger partial charge in [0.2, 0.25) is 0 Å². The van der Waals surface area contributed by atoms with Crippen molar-refractivity contribution in [2.24, 2.45) is 0 Å². The molecule has 5 heteroatoms. The SMILES string of the molecule is CCC(=O)OC(=O)c1cc(F)ccc1Cl. The average molecular weight is 231 g/mol. The molecule has 1 rings (SSSR count). The van der Waals surface area contributed by atoms with E-state index in [2.05, 4.69) is 4.74 Å². The minimum Gasteiger partial charge on any atom is -0.389 e. The average Bonchev–Trinajstić information content (AvgIpc) is 2.21. The van der Waals surface area contributed by atoms with E-state index in [0.717, 1.165) is 12.1 Å². The summed E-state index contributed by atoms with van der Waals surface area (Å²) < 4.78 is 17.2.